The quantitative estimate of drug-likeness (QED) is 0.898. The summed E-state index contributed by atoms with van der Waals surface area (Å²) in [6.45, 7) is 10.5. The molecule has 1 aromatic carbocycles. The van der Waals surface area contributed by atoms with Gasteiger partial charge in [-0.25, -0.2) is 0 Å². The molecule has 0 radical (unpaired) electrons. The summed E-state index contributed by atoms with van der Waals surface area (Å²) in [5.74, 6) is 0. The van der Waals surface area contributed by atoms with E-state index in [4.69, 9.17) is 0 Å². The zero-order valence-electron chi connectivity index (χ0n) is 13.5. The Bertz CT molecular complexity index is 436. The average molecular weight is 287 g/mol. The van der Waals surface area contributed by atoms with Gasteiger partial charge in [0.05, 0.1) is 0 Å². The Balaban J connectivity index is 1.59. The van der Waals surface area contributed by atoms with Crippen molar-refractivity contribution in [1.82, 2.24) is 10.2 Å². The van der Waals surface area contributed by atoms with Gasteiger partial charge in [-0.3, -0.25) is 4.90 Å². The van der Waals surface area contributed by atoms with Gasteiger partial charge >= 0.3 is 0 Å². The van der Waals surface area contributed by atoms with Gasteiger partial charge in [-0.1, -0.05) is 19.1 Å². The molecule has 2 heterocycles. The van der Waals surface area contributed by atoms with Crippen molar-refractivity contribution < 1.29 is 0 Å². The van der Waals surface area contributed by atoms with Crippen LogP contribution >= 0.6 is 0 Å². The van der Waals surface area contributed by atoms with E-state index < -0.39 is 0 Å². The lowest BCUT2D eigenvalue weighted by molar-refractivity contribution is 0.260. The molecule has 2 fully saturated rings. The molecule has 2 aliphatic heterocycles. The Hall–Kier alpha value is -1.06. The van der Waals surface area contributed by atoms with Gasteiger partial charge in [0.2, 0.25) is 0 Å². The SMILES string of the molecule is CCNC(C)c1ccc(N2CCC(N3CCCC3)C2)cc1. The monoisotopic (exact) mass is 287 g/mol. The molecule has 3 heteroatoms. The molecule has 1 aromatic rings. The lowest BCUT2D eigenvalue weighted by Gasteiger charge is -2.24. The fraction of sp³-hybridized carbons (Fsp3) is 0.667. The predicted octanol–water partition coefficient (Wildman–Crippen LogP) is 3.03. The maximum absolute atomic E-state index is 3.47. The summed E-state index contributed by atoms with van der Waals surface area (Å²) in [7, 11) is 0. The number of likely N-dealkylation sites (tertiary alicyclic amines) is 1. The van der Waals surface area contributed by atoms with Crippen LogP contribution < -0.4 is 10.2 Å². The molecule has 3 rings (SSSR count). The molecule has 116 valence electrons. The van der Waals surface area contributed by atoms with Crippen LogP contribution in [0.2, 0.25) is 0 Å². The molecule has 0 aliphatic carbocycles. The van der Waals surface area contributed by atoms with Gasteiger partial charge in [0.25, 0.3) is 0 Å². The Kier molecular flexibility index (Phi) is 4.81. The molecule has 2 atom stereocenters. The number of hydrogen-bond acceptors (Lipinski definition) is 3. The molecule has 2 saturated heterocycles. The molecule has 2 unspecified atom stereocenters. The highest BCUT2D eigenvalue weighted by molar-refractivity contribution is 5.49. The Morgan fingerprint density at radius 1 is 1.14 bits per heavy atom. The first-order chi connectivity index (χ1) is 10.3. The minimum Gasteiger partial charge on any atom is -0.370 e. The van der Waals surface area contributed by atoms with Crippen molar-refractivity contribution >= 4 is 5.69 Å². The second-order valence-electron chi connectivity index (χ2n) is 6.50. The van der Waals surface area contributed by atoms with E-state index in [1.54, 1.807) is 0 Å². The maximum Gasteiger partial charge on any atom is 0.0366 e. The van der Waals surface area contributed by atoms with Crippen LogP contribution in [-0.4, -0.2) is 43.7 Å². The van der Waals surface area contributed by atoms with Gasteiger partial charge in [0, 0.05) is 30.9 Å². The third-order valence-electron chi connectivity index (χ3n) is 5.09. The third kappa shape index (κ3) is 3.41. The summed E-state index contributed by atoms with van der Waals surface area (Å²) in [6, 6.07) is 10.4. The Morgan fingerprint density at radius 2 is 1.86 bits per heavy atom. The van der Waals surface area contributed by atoms with Gasteiger partial charge in [0.1, 0.15) is 0 Å². The van der Waals surface area contributed by atoms with E-state index in [2.05, 4.69) is 53.2 Å². The number of nitrogens with zero attached hydrogens (tertiary/aromatic N) is 2. The van der Waals surface area contributed by atoms with Crippen molar-refractivity contribution in [1.29, 1.82) is 0 Å². The van der Waals surface area contributed by atoms with Crippen LogP contribution in [0, 0.1) is 0 Å². The zero-order valence-corrected chi connectivity index (χ0v) is 13.5. The molecule has 0 amide bonds. The predicted molar refractivity (Wildman–Crippen MR) is 90.0 cm³/mol. The standard InChI is InChI=1S/C18H29N3/c1-3-19-15(2)16-6-8-17(9-7-16)21-13-10-18(14-21)20-11-4-5-12-20/h6-9,15,18-19H,3-5,10-14H2,1-2H3. The minimum absolute atomic E-state index is 0.444. The van der Waals surface area contributed by atoms with Crippen LogP contribution in [0.1, 0.15) is 44.7 Å². The molecule has 0 bridgehead atoms. The van der Waals surface area contributed by atoms with Crippen LogP contribution in [-0.2, 0) is 0 Å². The smallest absolute Gasteiger partial charge is 0.0366 e. The Labute approximate surface area is 129 Å². The molecule has 0 spiro atoms. The molecule has 1 N–H and O–H groups in total. The van der Waals surface area contributed by atoms with Crippen LogP contribution in [0.25, 0.3) is 0 Å². The van der Waals surface area contributed by atoms with E-state index in [1.807, 2.05) is 0 Å². The van der Waals surface area contributed by atoms with E-state index in [0.29, 0.717) is 6.04 Å². The first-order valence-electron chi connectivity index (χ1n) is 8.60. The summed E-state index contributed by atoms with van der Waals surface area (Å²) in [5, 5.41) is 3.47. The van der Waals surface area contributed by atoms with E-state index >= 15 is 0 Å². The normalized spacial score (nSPS) is 24.7. The van der Waals surface area contributed by atoms with Crippen molar-refractivity contribution in [3.63, 3.8) is 0 Å². The minimum atomic E-state index is 0.444. The summed E-state index contributed by atoms with van der Waals surface area (Å²) in [5.41, 5.74) is 2.78. The molecule has 0 saturated carbocycles. The topological polar surface area (TPSA) is 18.5 Å². The van der Waals surface area contributed by atoms with Crippen molar-refractivity contribution in [2.24, 2.45) is 0 Å². The number of benzene rings is 1. The van der Waals surface area contributed by atoms with Crippen molar-refractivity contribution in [3.05, 3.63) is 29.8 Å². The van der Waals surface area contributed by atoms with Crippen molar-refractivity contribution in [2.45, 2.75) is 45.2 Å². The molecular weight excluding hydrogens is 258 g/mol. The van der Waals surface area contributed by atoms with Gasteiger partial charge in [-0.15, -0.1) is 0 Å². The fourth-order valence-corrected chi connectivity index (χ4v) is 3.78. The number of anilines is 1. The highest BCUT2D eigenvalue weighted by Gasteiger charge is 2.29. The number of nitrogens with one attached hydrogen (secondary N) is 1. The van der Waals surface area contributed by atoms with E-state index in [0.717, 1.165) is 12.6 Å². The van der Waals surface area contributed by atoms with Gasteiger partial charge in [0.15, 0.2) is 0 Å². The van der Waals surface area contributed by atoms with Gasteiger partial charge in [-0.05, 0) is 63.5 Å². The second kappa shape index (κ2) is 6.80. The maximum atomic E-state index is 3.47. The first-order valence-corrected chi connectivity index (χ1v) is 8.60. The molecule has 3 nitrogen and oxygen atoms in total. The summed E-state index contributed by atoms with van der Waals surface area (Å²) in [4.78, 5) is 5.26. The molecule has 21 heavy (non-hydrogen) atoms. The number of rotatable bonds is 5. The first kappa shape index (κ1) is 14.9. The average Bonchev–Trinajstić information content (AvgIpc) is 3.19. The third-order valence-corrected chi connectivity index (χ3v) is 5.09. The summed E-state index contributed by atoms with van der Waals surface area (Å²) < 4.78 is 0. The summed E-state index contributed by atoms with van der Waals surface area (Å²) >= 11 is 0. The van der Waals surface area contributed by atoms with Crippen molar-refractivity contribution in [3.8, 4) is 0 Å². The fourth-order valence-electron chi connectivity index (χ4n) is 3.78. The van der Waals surface area contributed by atoms with Crippen LogP contribution in [0.4, 0.5) is 5.69 Å². The lowest BCUT2D eigenvalue weighted by Crippen LogP contribution is -2.35. The van der Waals surface area contributed by atoms with Crippen LogP contribution in [0.5, 0.6) is 0 Å². The number of hydrogen-bond donors (Lipinski definition) is 1. The lowest BCUT2D eigenvalue weighted by atomic mass is 10.1. The van der Waals surface area contributed by atoms with E-state index in [-0.39, 0.29) is 0 Å². The van der Waals surface area contributed by atoms with Gasteiger partial charge in [-0.2, -0.15) is 0 Å². The Morgan fingerprint density at radius 3 is 2.52 bits per heavy atom. The highest BCUT2D eigenvalue weighted by atomic mass is 15.3. The van der Waals surface area contributed by atoms with Gasteiger partial charge < -0.3 is 10.2 Å². The molecular formula is C18H29N3. The summed E-state index contributed by atoms with van der Waals surface area (Å²) in [6.07, 6.45) is 4.12. The molecule has 0 aromatic heterocycles. The largest absolute Gasteiger partial charge is 0.370 e. The second-order valence-corrected chi connectivity index (χ2v) is 6.50. The highest BCUT2D eigenvalue weighted by Crippen LogP contribution is 2.26. The van der Waals surface area contributed by atoms with E-state index in [9.17, 15) is 0 Å². The van der Waals surface area contributed by atoms with Crippen LogP contribution in [0.15, 0.2) is 24.3 Å². The van der Waals surface area contributed by atoms with Crippen molar-refractivity contribution in [2.75, 3.05) is 37.6 Å². The van der Waals surface area contributed by atoms with E-state index in [1.165, 1.54) is 56.7 Å². The molecule has 2 aliphatic rings. The zero-order chi connectivity index (χ0) is 14.7. The van der Waals surface area contributed by atoms with Crippen LogP contribution in [0.3, 0.4) is 0 Å².